The molecule has 1 fully saturated rings. The Bertz CT molecular complexity index is 961. The number of amides is 1. The molecule has 1 unspecified atom stereocenters. The zero-order chi connectivity index (χ0) is 19.5. The van der Waals surface area contributed by atoms with Crippen LogP contribution in [0.1, 0.15) is 41.9 Å². The Hall–Kier alpha value is -3.09. The van der Waals surface area contributed by atoms with E-state index in [4.69, 9.17) is 4.74 Å². The molecule has 3 aromatic rings. The molecule has 1 aromatic carbocycles. The van der Waals surface area contributed by atoms with Gasteiger partial charge in [0.05, 0.1) is 18.9 Å². The number of piperidine rings is 1. The maximum absolute atomic E-state index is 13.1. The summed E-state index contributed by atoms with van der Waals surface area (Å²) in [6.07, 6.45) is 9.29. The number of aromatic nitrogens is 4. The molecule has 0 spiro atoms. The van der Waals surface area contributed by atoms with Crippen LogP contribution in [-0.4, -0.2) is 50.3 Å². The van der Waals surface area contributed by atoms with Gasteiger partial charge in [-0.3, -0.25) is 4.79 Å². The van der Waals surface area contributed by atoms with Crippen LogP contribution in [0.5, 0.6) is 5.75 Å². The van der Waals surface area contributed by atoms with Crippen molar-refractivity contribution in [1.29, 1.82) is 0 Å². The molecule has 2 aromatic heterocycles. The number of methoxy groups -OCH3 is 1. The average molecular weight is 379 g/mol. The molecular formula is C21H25N5O2. The fraction of sp³-hybridized carbons (Fsp3) is 0.381. The Morgan fingerprint density at radius 1 is 1.32 bits per heavy atom. The Kier molecular flexibility index (Phi) is 5.14. The van der Waals surface area contributed by atoms with Gasteiger partial charge in [-0.1, -0.05) is 12.1 Å². The minimum absolute atomic E-state index is 0.0143. The minimum atomic E-state index is 0.0143. The molecule has 0 bridgehead atoms. The third-order valence-electron chi connectivity index (χ3n) is 5.32. The fourth-order valence-electron chi connectivity index (χ4n) is 3.89. The van der Waals surface area contributed by atoms with Crippen LogP contribution < -0.4 is 4.74 Å². The molecule has 0 radical (unpaired) electrons. The minimum Gasteiger partial charge on any atom is -0.494 e. The molecule has 1 saturated heterocycles. The number of aryl methyl sites for hydroxylation is 1. The zero-order valence-electron chi connectivity index (χ0n) is 16.3. The molecule has 0 aliphatic carbocycles. The third-order valence-corrected chi connectivity index (χ3v) is 5.32. The van der Waals surface area contributed by atoms with Crippen molar-refractivity contribution in [3.8, 4) is 11.4 Å². The van der Waals surface area contributed by atoms with Crippen molar-refractivity contribution < 1.29 is 9.53 Å². The molecule has 1 amide bonds. The summed E-state index contributed by atoms with van der Waals surface area (Å²) >= 11 is 0. The number of rotatable bonds is 5. The van der Waals surface area contributed by atoms with E-state index in [0.717, 1.165) is 37.4 Å². The van der Waals surface area contributed by atoms with Crippen molar-refractivity contribution >= 4 is 5.91 Å². The summed E-state index contributed by atoms with van der Waals surface area (Å²) in [5, 5.41) is 4.38. The van der Waals surface area contributed by atoms with Gasteiger partial charge in [-0.05, 0) is 31.9 Å². The van der Waals surface area contributed by atoms with Crippen molar-refractivity contribution in [3.63, 3.8) is 0 Å². The molecule has 0 N–H and O–H groups in total. The monoisotopic (exact) mass is 379 g/mol. The van der Waals surface area contributed by atoms with Crippen LogP contribution in [-0.2, 0) is 6.54 Å². The normalized spacial score (nSPS) is 16.9. The number of benzene rings is 1. The topological polar surface area (TPSA) is 65.2 Å². The molecule has 1 atom stereocenters. The SMILES string of the molecule is CCn1ccnc1C1CCCN(C(=O)c2cnn(-c3ccccc3OC)c2)C1. The van der Waals surface area contributed by atoms with Crippen molar-refractivity contribution in [2.75, 3.05) is 20.2 Å². The highest BCUT2D eigenvalue weighted by Gasteiger charge is 2.28. The molecule has 4 rings (SSSR count). The van der Waals surface area contributed by atoms with Gasteiger partial charge in [-0.2, -0.15) is 5.10 Å². The van der Waals surface area contributed by atoms with Gasteiger partial charge in [0.25, 0.3) is 5.91 Å². The molecule has 0 saturated carbocycles. The van der Waals surface area contributed by atoms with Crippen molar-refractivity contribution in [1.82, 2.24) is 24.2 Å². The van der Waals surface area contributed by atoms with E-state index >= 15 is 0 Å². The Labute approximate surface area is 164 Å². The van der Waals surface area contributed by atoms with Gasteiger partial charge in [0.2, 0.25) is 0 Å². The highest BCUT2D eigenvalue weighted by Crippen LogP contribution is 2.27. The van der Waals surface area contributed by atoms with Crippen LogP contribution in [0.3, 0.4) is 0 Å². The summed E-state index contributed by atoms with van der Waals surface area (Å²) in [7, 11) is 1.63. The van der Waals surface area contributed by atoms with Gasteiger partial charge >= 0.3 is 0 Å². The lowest BCUT2D eigenvalue weighted by Crippen LogP contribution is -2.39. The van der Waals surface area contributed by atoms with Crippen molar-refractivity contribution in [2.45, 2.75) is 32.2 Å². The maximum atomic E-state index is 13.1. The van der Waals surface area contributed by atoms with Crippen LogP contribution in [0.25, 0.3) is 5.69 Å². The quantitative estimate of drug-likeness (QED) is 0.683. The number of carbonyl (C=O) groups excluding carboxylic acids is 1. The molecule has 7 heteroatoms. The van der Waals surface area contributed by atoms with Crippen LogP contribution in [0.15, 0.2) is 49.1 Å². The van der Waals surface area contributed by atoms with Crippen LogP contribution in [0.4, 0.5) is 0 Å². The lowest BCUT2D eigenvalue weighted by Gasteiger charge is -2.32. The summed E-state index contributed by atoms with van der Waals surface area (Å²) in [5.41, 5.74) is 1.40. The first-order valence-corrected chi connectivity index (χ1v) is 9.69. The molecule has 1 aliphatic rings. The number of ether oxygens (including phenoxy) is 1. The summed E-state index contributed by atoms with van der Waals surface area (Å²) in [4.78, 5) is 19.5. The maximum Gasteiger partial charge on any atom is 0.257 e. The second-order valence-corrected chi connectivity index (χ2v) is 7.01. The van der Waals surface area contributed by atoms with E-state index in [-0.39, 0.29) is 11.8 Å². The predicted molar refractivity (Wildman–Crippen MR) is 106 cm³/mol. The van der Waals surface area contributed by atoms with Gasteiger partial charge in [0.1, 0.15) is 17.3 Å². The first kappa shape index (κ1) is 18.3. The van der Waals surface area contributed by atoms with Crippen molar-refractivity contribution in [3.05, 3.63) is 60.4 Å². The number of hydrogen-bond acceptors (Lipinski definition) is 4. The molecule has 28 heavy (non-hydrogen) atoms. The summed E-state index contributed by atoms with van der Waals surface area (Å²) < 4.78 is 9.25. The lowest BCUT2D eigenvalue weighted by molar-refractivity contribution is 0.0703. The highest BCUT2D eigenvalue weighted by molar-refractivity contribution is 5.94. The molecule has 7 nitrogen and oxygen atoms in total. The van der Waals surface area contributed by atoms with Crippen molar-refractivity contribution in [2.24, 2.45) is 0 Å². The second kappa shape index (κ2) is 7.88. The number of imidazole rings is 1. The molecule has 1 aliphatic heterocycles. The van der Waals surface area contributed by atoms with Gasteiger partial charge < -0.3 is 14.2 Å². The molecule has 146 valence electrons. The largest absolute Gasteiger partial charge is 0.494 e. The van der Waals surface area contributed by atoms with E-state index in [2.05, 4.69) is 21.6 Å². The van der Waals surface area contributed by atoms with E-state index < -0.39 is 0 Å². The Balaban J connectivity index is 1.52. The summed E-state index contributed by atoms with van der Waals surface area (Å²) in [5.74, 6) is 2.08. The van der Waals surface area contributed by atoms with Crippen LogP contribution in [0, 0.1) is 0 Å². The first-order chi connectivity index (χ1) is 13.7. The van der Waals surface area contributed by atoms with E-state index in [9.17, 15) is 4.79 Å². The molecule has 3 heterocycles. The number of hydrogen-bond donors (Lipinski definition) is 0. The Morgan fingerprint density at radius 2 is 2.18 bits per heavy atom. The predicted octanol–water partition coefficient (Wildman–Crippen LogP) is 3.12. The lowest BCUT2D eigenvalue weighted by atomic mass is 9.96. The highest BCUT2D eigenvalue weighted by atomic mass is 16.5. The van der Waals surface area contributed by atoms with E-state index in [1.807, 2.05) is 41.6 Å². The smallest absolute Gasteiger partial charge is 0.257 e. The number of carbonyl (C=O) groups is 1. The Morgan fingerprint density at radius 3 is 3.00 bits per heavy atom. The van der Waals surface area contributed by atoms with E-state index in [0.29, 0.717) is 17.9 Å². The third kappa shape index (κ3) is 3.40. The number of para-hydroxylation sites is 2. The average Bonchev–Trinajstić information content (AvgIpc) is 3.43. The van der Waals surface area contributed by atoms with Gasteiger partial charge in [0.15, 0.2) is 0 Å². The molecular weight excluding hydrogens is 354 g/mol. The standard InChI is InChI=1S/C21H25N5O2/c1-3-24-12-10-22-20(24)16-7-6-11-25(14-16)21(27)17-13-23-26(15-17)18-8-4-5-9-19(18)28-2/h4-5,8-10,12-13,15-16H,3,6-7,11,14H2,1-2H3. The summed E-state index contributed by atoms with van der Waals surface area (Å²) in [6.45, 7) is 4.46. The zero-order valence-corrected chi connectivity index (χ0v) is 16.3. The van der Waals surface area contributed by atoms with E-state index in [1.54, 1.807) is 24.2 Å². The second-order valence-electron chi connectivity index (χ2n) is 7.01. The van der Waals surface area contributed by atoms with Crippen LogP contribution >= 0.6 is 0 Å². The number of likely N-dealkylation sites (tertiary alicyclic amines) is 1. The first-order valence-electron chi connectivity index (χ1n) is 9.69. The van der Waals surface area contributed by atoms with E-state index in [1.165, 1.54) is 0 Å². The summed E-state index contributed by atoms with van der Waals surface area (Å²) in [6, 6.07) is 7.63. The van der Waals surface area contributed by atoms with Gasteiger partial charge in [-0.25, -0.2) is 9.67 Å². The van der Waals surface area contributed by atoms with Crippen LogP contribution in [0.2, 0.25) is 0 Å². The number of nitrogens with zero attached hydrogens (tertiary/aromatic N) is 5. The van der Waals surface area contributed by atoms with Gasteiger partial charge in [-0.15, -0.1) is 0 Å². The van der Waals surface area contributed by atoms with Gasteiger partial charge in [0, 0.05) is 44.1 Å². The fourth-order valence-corrected chi connectivity index (χ4v) is 3.89.